The van der Waals surface area contributed by atoms with E-state index in [-0.39, 0.29) is 23.4 Å². The molecule has 9 heteroatoms. The van der Waals surface area contributed by atoms with Gasteiger partial charge in [-0.2, -0.15) is 14.4 Å². The molecule has 21 heavy (non-hydrogen) atoms. The Morgan fingerprint density at radius 2 is 2.38 bits per heavy atom. The minimum Gasteiger partial charge on any atom is -0.393 e. The van der Waals surface area contributed by atoms with E-state index in [4.69, 9.17) is 10.5 Å². The minimum absolute atomic E-state index is 0.0769. The average Bonchev–Trinajstić information content (AvgIpc) is 3.00. The number of fused-ring (bicyclic) bond motifs is 1. The lowest BCUT2D eigenvalue weighted by atomic mass is 9.98. The lowest BCUT2D eigenvalue weighted by Crippen LogP contribution is -2.40. The fourth-order valence-electron chi connectivity index (χ4n) is 2.45. The summed E-state index contributed by atoms with van der Waals surface area (Å²) in [5, 5.41) is 19.5. The van der Waals surface area contributed by atoms with Crippen LogP contribution in [0.4, 0.5) is 10.2 Å². The van der Waals surface area contributed by atoms with Crippen molar-refractivity contribution in [1.29, 1.82) is 0 Å². The summed E-state index contributed by atoms with van der Waals surface area (Å²) in [6.07, 6.45) is 0.292. The zero-order chi connectivity index (χ0) is 15.2. The molecular weight excluding hydrogens is 281 g/mol. The van der Waals surface area contributed by atoms with Crippen LogP contribution in [-0.2, 0) is 4.74 Å². The molecule has 2 aromatic rings. The van der Waals surface area contributed by atoms with Crippen LogP contribution in [0.5, 0.6) is 0 Å². The smallest absolute Gasteiger partial charge is 0.312 e. The van der Waals surface area contributed by atoms with E-state index in [1.165, 1.54) is 17.0 Å². The third kappa shape index (κ3) is 1.97. The van der Waals surface area contributed by atoms with Gasteiger partial charge in [0.15, 0.2) is 17.0 Å². The number of aromatic nitrogens is 4. The lowest BCUT2D eigenvalue weighted by Gasteiger charge is -2.26. The third-order valence-electron chi connectivity index (χ3n) is 3.67. The molecule has 0 radical (unpaired) electrons. The molecule has 8 nitrogen and oxygen atoms in total. The Bertz CT molecular complexity index is 706. The van der Waals surface area contributed by atoms with Gasteiger partial charge in [0.25, 0.3) is 0 Å². The second-order valence-electron chi connectivity index (χ2n) is 4.84. The number of anilines is 1. The highest BCUT2D eigenvalue weighted by Crippen LogP contribution is 2.38. The molecule has 3 rings (SSSR count). The van der Waals surface area contributed by atoms with Crippen molar-refractivity contribution in [2.24, 2.45) is 0 Å². The zero-order valence-electron chi connectivity index (χ0n) is 11.0. The number of aliphatic hydroxyl groups is 2. The van der Waals surface area contributed by atoms with E-state index in [1.807, 2.05) is 0 Å². The SMILES string of the molecule is C=C[C@]1(CO)O[C@@H](n2cnc3c(N)nc(F)nc32)C[C@@H]1O. The molecule has 3 atom stereocenters. The van der Waals surface area contributed by atoms with Crippen molar-refractivity contribution < 1.29 is 19.3 Å². The summed E-state index contributed by atoms with van der Waals surface area (Å²) in [6.45, 7) is 3.14. The number of imidazole rings is 1. The van der Waals surface area contributed by atoms with Crippen molar-refractivity contribution in [3.8, 4) is 0 Å². The molecule has 2 aromatic heterocycles. The van der Waals surface area contributed by atoms with Crippen LogP contribution in [0.25, 0.3) is 11.2 Å². The lowest BCUT2D eigenvalue weighted by molar-refractivity contribution is -0.0953. The molecule has 112 valence electrons. The molecule has 0 aliphatic carbocycles. The molecule has 0 unspecified atom stereocenters. The van der Waals surface area contributed by atoms with Gasteiger partial charge in [-0.1, -0.05) is 6.08 Å². The van der Waals surface area contributed by atoms with Crippen LogP contribution in [-0.4, -0.2) is 48.0 Å². The van der Waals surface area contributed by atoms with Crippen molar-refractivity contribution in [2.45, 2.75) is 24.4 Å². The molecule has 1 fully saturated rings. The maximum atomic E-state index is 13.3. The fraction of sp³-hybridized carbons (Fsp3) is 0.417. The van der Waals surface area contributed by atoms with Gasteiger partial charge in [0.2, 0.25) is 0 Å². The zero-order valence-corrected chi connectivity index (χ0v) is 11.0. The van der Waals surface area contributed by atoms with Crippen molar-refractivity contribution in [2.75, 3.05) is 12.3 Å². The van der Waals surface area contributed by atoms with Gasteiger partial charge in [-0.05, 0) is 0 Å². The van der Waals surface area contributed by atoms with Gasteiger partial charge < -0.3 is 20.7 Å². The van der Waals surface area contributed by atoms with Crippen molar-refractivity contribution in [3.05, 3.63) is 25.1 Å². The molecule has 0 aromatic carbocycles. The van der Waals surface area contributed by atoms with Gasteiger partial charge in [0, 0.05) is 6.42 Å². The van der Waals surface area contributed by atoms with Crippen LogP contribution in [0.3, 0.4) is 0 Å². The predicted octanol–water partition coefficient (Wildman–Crippen LogP) is -0.255. The van der Waals surface area contributed by atoms with E-state index in [9.17, 15) is 14.6 Å². The maximum absolute atomic E-state index is 13.3. The molecule has 1 saturated heterocycles. The maximum Gasteiger partial charge on any atom is 0.312 e. The van der Waals surface area contributed by atoms with Crippen LogP contribution in [0.1, 0.15) is 12.6 Å². The Morgan fingerprint density at radius 3 is 3.00 bits per heavy atom. The highest BCUT2D eigenvalue weighted by atomic mass is 19.1. The van der Waals surface area contributed by atoms with Gasteiger partial charge in [-0.3, -0.25) is 4.57 Å². The molecule has 1 aliphatic heterocycles. The topological polar surface area (TPSA) is 119 Å². The number of halogens is 1. The Kier molecular flexibility index (Phi) is 3.12. The normalized spacial score (nSPS) is 29.1. The van der Waals surface area contributed by atoms with Gasteiger partial charge >= 0.3 is 6.08 Å². The number of nitrogens with two attached hydrogens (primary N) is 1. The van der Waals surface area contributed by atoms with E-state index in [1.54, 1.807) is 0 Å². The molecule has 0 bridgehead atoms. The molecule has 0 spiro atoms. The molecule has 3 heterocycles. The molecule has 0 amide bonds. The van der Waals surface area contributed by atoms with E-state index in [0.717, 1.165) is 0 Å². The highest BCUT2D eigenvalue weighted by molar-refractivity contribution is 5.81. The number of nitrogen functional groups attached to an aromatic ring is 1. The number of hydrogen-bond donors (Lipinski definition) is 3. The second-order valence-corrected chi connectivity index (χ2v) is 4.84. The number of nitrogens with zero attached hydrogens (tertiary/aromatic N) is 4. The standard InChI is InChI=1S/C12H14FN5O3/c1-2-12(4-19)6(20)3-7(21-12)18-5-15-8-9(14)16-11(13)17-10(8)18/h2,5-7,19-20H,1,3-4H2,(H2,14,16,17)/t6-,7+,12+/m0/s1. The monoisotopic (exact) mass is 295 g/mol. The summed E-state index contributed by atoms with van der Waals surface area (Å²) in [7, 11) is 0. The van der Waals surface area contributed by atoms with Crippen LogP contribution in [0, 0.1) is 6.08 Å². The fourth-order valence-corrected chi connectivity index (χ4v) is 2.45. The Balaban J connectivity index is 2.05. The average molecular weight is 295 g/mol. The first-order valence-corrected chi connectivity index (χ1v) is 6.26. The van der Waals surface area contributed by atoms with Crippen molar-refractivity contribution >= 4 is 17.0 Å². The largest absolute Gasteiger partial charge is 0.393 e. The van der Waals surface area contributed by atoms with Gasteiger partial charge in [-0.25, -0.2) is 4.98 Å². The van der Waals surface area contributed by atoms with Crippen LogP contribution < -0.4 is 5.73 Å². The Labute approximate surface area is 118 Å². The first kappa shape index (κ1) is 13.9. The molecule has 4 N–H and O–H groups in total. The van der Waals surface area contributed by atoms with Crippen LogP contribution in [0.2, 0.25) is 0 Å². The van der Waals surface area contributed by atoms with Crippen LogP contribution >= 0.6 is 0 Å². The predicted molar refractivity (Wildman–Crippen MR) is 70.5 cm³/mol. The quantitative estimate of drug-likeness (QED) is 0.527. The Morgan fingerprint density at radius 1 is 1.62 bits per heavy atom. The van der Waals surface area contributed by atoms with Gasteiger partial charge in [0.05, 0.1) is 19.0 Å². The number of rotatable bonds is 3. The van der Waals surface area contributed by atoms with E-state index < -0.39 is 30.6 Å². The summed E-state index contributed by atoms with van der Waals surface area (Å²) in [5.41, 5.74) is 4.73. The second kappa shape index (κ2) is 4.72. The summed E-state index contributed by atoms with van der Waals surface area (Å²) >= 11 is 0. The first-order valence-electron chi connectivity index (χ1n) is 6.26. The summed E-state index contributed by atoms with van der Waals surface area (Å²) in [5.74, 6) is -0.0769. The third-order valence-corrected chi connectivity index (χ3v) is 3.67. The van der Waals surface area contributed by atoms with E-state index >= 15 is 0 Å². The Hall–Kier alpha value is -2.10. The van der Waals surface area contributed by atoms with Gasteiger partial charge in [0.1, 0.15) is 11.8 Å². The number of ether oxygens (including phenoxy) is 1. The number of hydrogen-bond acceptors (Lipinski definition) is 7. The number of aliphatic hydroxyl groups excluding tert-OH is 2. The van der Waals surface area contributed by atoms with E-state index in [2.05, 4.69) is 21.5 Å². The molecular formula is C12H14FN5O3. The highest BCUT2D eigenvalue weighted by Gasteiger charge is 2.46. The minimum atomic E-state index is -1.27. The summed E-state index contributed by atoms with van der Waals surface area (Å²) in [6, 6.07) is 0. The summed E-state index contributed by atoms with van der Waals surface area (Å²) in [4.78, 5) is 11.1. The van der Waals surface area contributed by atoms with Crippen molar-refractivity contribution in [3.63, 3.8) is 0 Å². The molecule has 1 aliphatic rings. The summed E-state index contributed by atoms with van der Waals surface area (Å²) < 4.78 is 20.4. The first-order chi connectivity index (χ1) is 10.0. The van der Waals surface area contributed by atoms with Crippen LogP contribution in [0.15, 0.2) is 19.0 Å². The molecule has 0 saturated carbocycles. The van der Waals surface area contributed by atoms with Crippen molar-refractivity contribution in [1.82, 2.24) is 19.5 Å². The van der Waals surface area contributed by atoms with Gasteiger partial charge in [-0.15, -0.1) is 6.58 Å². The van der Waals surface area contributed by atoms with E-state index in [0.29, 0.717) is 0 Å².